The molecule has 17 heavy (non-hydrogen) atoms. The summed E-state index contributed by atoms with van der Waals surface area (Å²) in [7, 11) is 2.14. The minimum absolute atomic E-state index is 0.567. The highest BCUT2D eigenvalue weighted by Gasteiger charge is 2.18. The van der Waals surface area contributed by atoms with E-state index in [1.807, 2.05) is 13.0 Å². The molecule has 94 valence electrons. The van der Waals surface area contributed by atoms with Crippen LogP contribution in [0.3, 0.4) is 0 Å². The first-order valence-electron chi connectivity index (χ1n) is 6.58. The van der Waals surface area contributed by atoms with Gasteiger partial charge in [-0.25, -0.2) is 4.98 Å². The molecule has 0 aromatic carbocycles. The SMILES string of the molecule is Cc1ccc(CN)c(N(C)CC2CCCC2)n1. The summed E-state index contributed by atoms with van der Waals surface area (Å²) >= 11 is 0. The maximum Gasteiger partial charge on any atom is 0.133 e. The van der Waals surface area contributed by atoms with Crippen LogP contribution in [0.4, 0.5) is 5.82 Å². The molecule has 0 unspecified atom stereocenters. The molecule has 2 N–H and O–H groups in total. The fourth-order valence-electron chi connectivity index (χ4n) is 2.73. The summed E-state index contributed by atoms with van der Waals surface area (Å²) in [4.78, 5) is 6.91. The minimum atomic E-state index is 0.567. The Labute approximate surface area is 104 Å². The number of nitrogens with zero attached hydrogens (tertiary/aromatic N) is 2. The Morgan fingerprint density at radius 2 is 2.06 bits per heavy atom. The lowest BCUT2D eigenvalue weighted by molar-refractivity contribution is 0.544. The van der Waals surface area contributed by atoms with E-state index >= 15 is 0 Å². The zero-order valence-corrected chi connectivity index (χ0v) is 10.9. The van der Waals surface area contributed by atoms with Crippen molar-refractivity contribution < 1.29 is 0 Å². The Balaban J connectivity index is 2.11. The highest BCUT2D eigenvalue weighted by atomic mass is 15.2. The topological polar surface area (TPSA) is 42.1 Å². The molecule has 0 radical (unpaired) electrons. The molecule has 1 fully saturated rings. The Kier molecular flexibility index (Phi) is 4.00. The van der Waals surface area contributed by atoms with Crippen molar-refractivity contribution >= 4 is 5.82 Å². The lowest BCUT2D eigenvalue weighted by Crippen LogP contribution is -2.26. The van der Waals surface area contributed by atoms with Crippen LogP contribution in [0.2, 0.25) is 0 Å². The molecule has 0 saturated heterocycles. The molecule has 3 nitrogen and oxygen atoms in total. The normalized spacial score (nSPS) is 16.4. The van der Waals surface area contributed by atoms with E-state index in [1.54, 1.807) is 0 Å². The van der Waals surface area contributed by atoms with E-state index in [0.29, 0.717) is 6.54 Å². The second kappa shape index (κ2) is 5.50. The van der Waals surface area contributed by atoms with Crippen LogP contribution in [0, 0.1) is 12.8 Å². The smallest absolute Gasteiger partial charge is 0.133 e. The highest BCUT2D eigenvalue weighted by molar-refractivity contribution is 5.47. The molecule has 1 saturated carbocycles. The van der Waals surface area contributed by atoms with Crippen LogP contribution in [0.25, 0.3) is 0 Å². The summed E-state index contributed by atoms with van der Waals surface area (Å²) in [6.45, 7) is 3.72. The Morgan fingerprint density at radius 1 is 1.35 bits per heavy atom. The molecule has 0 spiro atoms. The van der Waals surface area contributed by atoms with Gasteiger partial charge >= 0.3 is 0 Å². The van der Waals surface area contributed by atoms with E-state index in [-0.39, 0.29) is 0 Å². The van der Waals surface area contributed by atoms with Gasteiger partial charge in [-0.1, -0.05) is 18.9 Å². The van der Waals surface area contributed by atoms with Crippen LogP contribution in [0.5, 0.6) is 0 Å². The van der Waals surface area contributed by atoms with Crippen LogP contribution in [-0.4, -0.2) is 18.6 Å². The first-order chi connectivity index (χ1) is 8.20. The predicted octanol–water partition coefficient (Wildman–Crippen LogP) is 2.48. The van der Waals surface area contributed by atoms with Gasteiger partial charge in [0.2, 0.25) is 0 Å². The number of aromatic nitrogens is 1. The van der Waals surface area contributed by atoms with Crippen molar-refractivity contribution in [2.75, 3.05) is 18.5 Å². The van der Waals surface area contributed by atoms with Gasteiger partial charge in [0.15, 0.2) is 0 Å². The van der Waals surface area contributed by atoms with Crippen LogP contribution >= 0.6 is 0 Å². The fraction of sp³-hybridized carbons (Fsp3) is 0.643. The van der Waals surface area contributed by atoms with Gasteiger partial charge in [-0.2, -0.15) is 0 Å². The van der Waals surface area contributed by atoms with E-state index in [9.17, 15) is 0 Å². The molecule has 0 atom stereocenters. The third-order valence-electron chi connectivity index (χ3n) is 3.68. The maximum absolute atomic E-state index is 5.78. The van der Waals surface area contributed by atoms with Gasteiger partial charge in [0, 0.05) is 31.4 Å². The van der Waals surface area contributed by atoms with Crippen molar-refractivity contribution in [1.29, 1.82) is 0 Å². The summed E-state index contributed by atoms with van der Waals surface area (Å²) in [5, 5.41) is 0. The van der Waals surface area contributed by atoms with Crippen LogP contribution in [-0.2, 0) is 6.54 Å². The standard InChI is InChI=1S/C14H23N3/c1-11-7-8-13(9-15)14(16-11)17(2)10-12-5-3-4-6-12/h7-8,12H,3-6,9-10,15H2,1-2H3. The fourth-order valence-corrected chi connectivity index (χ4v) is 2.73. The number of aryl methyl sites for hydroxylation is 1. The third-order valence-corrected chi connectivity index (χ3v) is 3.68. The average Bonchev–Trinajstić information content (AvgIpc) is 2.81. The molecule has 1 aliphatic rings. The first kappa shape index (κ1) is 12.4. The Bertz CT molecular complexity index is 370. The third kappa shape index (κ3) is 2.97. The van der Waals surface area contributed by atoms with Crippen molar-refractivity contribution in [3.05, 3.63) is 23.4 Å². The maximum atomic E-state index is 5.78. The minimum Gasteiger partial charge on any atom is -0.359 e. The van der Waals surface area contributed by atoms with Gasteiger partial charge in [0.05, 0.1) is 0 Å². The van der Waals surface area contributed by atoms with Gasteiger partial charge in [0.1, 0.15) is 5.82 Å². The lowest BCUT2D eigenvalue weighted by Gasteiger charge is -2.24. The van der Waals surface area contributed by atoms with Crippen LogP contribution in [0.15, 0.2) is 12.1 Å². The monoisotopic (exact) mass is 233 g/mol. The number of hydrogen-bond donors (Lipinski definition) is 1. The van der Waals surface area contributed by atoms with Gasteiger partial charge in [-0.3, -0.25) is 0 Å². The lowest BCUT2D eigenvalue weighted by atomic mass is 10.1. The molecule has 0 aliphatic heterocycles. The molecular formula is C14H23N3. The van der Waals surface area contributed by atoms with Gasteiger partial charge < -0.3 is 10.6 Å². The zero-order valence-electron chi connectivity index (χ0n) is 10.9. The predicted molar refractivity (Wildman–Crippen MR) is 72.1 cm³/mol. The van der Waals surface area contributed by atoms with Crippen LogP contribution < -0.4 is 10.6 Å². The number of pyridine rings is 1. The van der Waals surface area contributed by atoms with Crippen molar-refractivity contribution in [3.8, 4) is 0 Å². The number of hydrogen-bond acceptors (Lipinski definition) is 3. The number of rotatable bonds is 4. The summed E-state index contributed by atoms with van der Waals surface area (Å²) in [5.74, 6) is 1.91. The first-order valence-corrected chi connectivity index (χ1v) is 6.58. The summed E-state index contributed by atoms with van der Waals surface area (Å²) in [6.07, 6.45) is 5.52. The molecule has 1 aromatic rings. The van der Waals surface area contributed by atoms with E-state index in [2.05, 4.69) is 23.0 Å². The highest BCUT2D eigenvalue weighted by Crippen LogP contribution is 2.27. The van der Waals surface area contributed by atoms with Crippen molar-refractivity contribution in [3.63, 3.8) is 0 Å². The summed E-state index contributed by atoms with van der Waals surface area (Å²) < 4.78 is 0. The van der Waals surface area contributed by atoms with Gasteiger partial charge in [0.25, 0.3) is 0 Å². The largest absolute Gasteiger partial charge is 0.359 e. The summed E-state index contributed by atoms with van der Waals surface area (Å²) in [5.41, 5.74) is 7.99. The van der Waals surface area contributed by atoms with Crippen LogP contribution in [0.1, 0.15) is 36.9 Å². The quantitative estimate of drug-likeness (QED) is 0.868. The van der Waals surface area contributed by atoms with Gasteiger partial charge in [-0.05, 0) is 31.7 Å². The zero-order chi connectivity index (χ0) is 12.3. The number of anilines is 1. The molecule has 2 rings (SSSR count). The van der Waals surface area contributed by atoms with Crippen molar-refractivity contribution in [2.45, 2.75) is 39.2 Å². The molecule has 1 heterocycles. The van der Waals surface area contributed by atoms with E-state index in [1.165, 1.54) is 25.7 Å². The van der Waals surface area contributed by atoms with E-state index < -0.39 is 0 Å². The molecule has 0 bridgehead atoms. The second-order valence-electron chi connectivity index (χ2n) is 5.17. The Morgan fingerprint density at radius 3 is 2.71 bits per heavy atom. The molecular weight excluding hydrogens is 210 g/mol. The Hall–Kier alpha value is -1.09. The van der Waals surface area contributed by atoms with Crippen molar-refractivity contribution in [1.82, 2.24) is 4.98 Å². The number of nitrogens with two attached hydrogens (primary N) is 1. The molecule has 3 heteroatoms. The second-order valence-corrected chi connectivity index (χ2v) is 5.17. The molecule has 1 aliphatic carbocycles. The van der Waals surface area contributed by atoms with E-state index in [0.717, 1.165) is 29.5 Å². The van der Waals surface area contributed by atoms with E-state index in [4.69, 9.17) is 5.73 Å². The average molecular weight is 233 g/mol. The van der Waals surface area contributed by atoms with Crippen molar-refractivity contribution in [2.24, 2.45) is 11.7 Å². The molecule has 1 aromatic heterocycles. The summed E-state index contributed by atoms with van der Waals surface area (Å²) in [6, 6.07) is 4.14. The van der Waals surface area contributed by atoms with Gasteiger partial charge in [-0.15, -0.1) is 0 Å². The molecule has 0 amide bonds.